The summed E-state index contributed by atoms with van der Waals surface area (Å²) in [5.41, 5.74) is 2.31. The van der Waals surface area contributed by atoms with E-state index in [9.17, 15) is 9.59 Å². The zero-order valence-corrected chi connectivity index (χ0v) is 16.6. The first-order valence-electron chi connectivity index (χ1n) is 10.1. The second-order valence-corrected chi connectivity index (χ2v) is 8.20. The van der Waals surface area contributed by atoms with Crippen molar-refractivity contribution in [3.8, 4) is 0 Å². The van der Waals surface area contributed by atoms with Crippen LogP contribution in [0, 0.1) is 0 Å². The molecular weight excluding hydrogens is 352 g/mol. The maximum absolute atomic E-state index is 11.8. The van der Waals surface area contributed by atoms with Crippen LogP contribution in [0.2, 0.25) is 0 Å². The fraction of sp³-hybridized carbons (Fsp3) is 0.500. The van der Waals surface area contributed by atoms with Crippen molar-refractivity contribution in [3.05, 3.63) is 42.1 Å². The molecule has 1 aromatic carbocycles. The molecule has 2 amide bonds. The summed E-state index contributed by atoms with van der Waals surface area (Å²) < 4.78 is 0. The second-order valence-electron chi connectivity index (χ2n) is 8.20. The molecule has 2 fully saturated rings. The summed E-state index contributed by atoms with van der Waals surface area (Å²) >= 11 is 0. The second kappa shape index (κ2) is 7.51. The van der Waals surface area contributed by atoms with Crippen LogP contribution < -0.4 is 5.32 Å². The Hall–Kier alpha value is -2.47. The largest absolute Gasteiger partial charge is 0.352 e. The minimum atomic E-state index is 0.0255. The van der Waals surface area contributed by atoms with E-state index in [2.05, 4.69) is 33.4 Å². The minimum Gasteiger partial charge on any atom is -0.352 e. The lowest BCUT2D eigenvalue weighted by atomic mass is 9.83. The van der Waals surface area contributed by atoms with Gasteiger partial charge in [0.2, 0.25) is 11.8 Å². The summed E-state index contributed by atoms with van der Waals surface area (Å²) in [6, 6.07) is 10.5. The number of nitrogens with zero attached hydrogens (tertiary/aromatic N) is 3. The third kappa shape index (κ3) is 3.61. The van der Waals surface area contributed by atoms with Gasteiger partial charge < -0.3 is 10.2 Å². The van der Waals surface area contributed by atoms with Gasteiger partial charge in [-0.3, -0.25) is 19.5 Å². The maximum Gasteiger partial charge on any atom is 0.219 e. The molecule has 0 aliphatic carbocycles. The fourth-order valence-corrected chi connectivity index (χ4v) is 4.99. The molecule has 0 bridgehead atoms. The highest BCUT2D eigenvalue weighted by atomic mass is 16.2. The molecular formula is C22H28N4O2. The van der Waals surface area contributed by atoms with Gasteiger partial charge in [0.05, 0.1) is 5.52 Å². The van der Waals surface area contributed by atoms with Crippen molar-refractivity contribution < 1.29 is 9.59 Å². The van der Waals surface area contributed by atoms with Crippen LogP contribution in [0.4, 0.5) is 0 Å². The number of aromatic nitrogens is 1. The number of carbonyl (C=O) groups is 2. The van der Waals surface area contributed by atoms with Gasteiger partial charge in [0.1, 0.15) is 0 Å². The predicted molar refractivity (Wildman–Crippen MR) is 109 cm³/mol. The summed E-state index contributed by atoms with van der Waals surface area (Å²) in [6.45, 7) is 6.48. The molecule has 0 saturated carbocycles. The fourth-order valence-electron chi connectivity index (χ4n) is 4.99. The number of benzene rings is 1. The minimum absolute atomic E-state index is 0.0255. The molecule has 0 unspecified atom stereocenters. The van der Waals surface area contributed by atoms with Crippen LogP contribution in [-0.2, 0) is 16.1 Å². The number of carbonyl (C=O) groups excluding carboxylic acids is 2. The van der Waals surface area contributed by atoms with Gasteiger partial charge in [0.15, 0.2) is 0 Å². The summed E-state index contributed by atoms with van der Waals surface area (Å²) in [6.07, 6.45) is 4.72. The van der Waals surface area contributed by atoms with Crippen LogP contribution >= 0.6 is 0 Å². The van der Waals surface area contributed by atoms with E-state index in [1.165, 1.54) is 10.9 Å². The normalized spacial score (nSPS) is 21.9. The third-order valence-electron chi connectivity index (χ3n) is 6.39. The van der Waals surface area contributed by atoms with Gasteiger partial charge in [0.25, 0.3) is 0 Å². The average molecular weight is 380 g/mol. The summed E-state index contributed by atoms with van der Waals surface area (Å²) in [7, 11) is 0. The number of likely N-dealkylation sites (tertiary alicyclic amines) is 2. The maximum atomic E-state index is 11.8. The number of rotatable bonds is 3. The standard InChI is InChI=1S/C22H28N4O2/c1-16(27)24-19-13-22(8-11-25(12-9-22)17(2)28)26(15-19)14-18-7-10-23-21-6-4-3-5-20(18)21/h3-7,10,19H,8-9,11-15H2,1-2H3,(H,24,27)/t19-/m1/s1. The van der Waals surface area contributed by atoms with Crippen molar-refractivity contribution in [3.63, 3.8) is 0 Å². The molecule has 148 valence electrons. The van der Waals surface area contributed by atoms with E-state index in [-0.39, 0.29) is 23.4 Å². The van der Waals surface area contributed by atoms with Gasteiger partial charge in [-0.2, -0.15) is 0 Å². The van der Waals surface area contributed by atoms with E-state index in [1.807, 2.05) is 23.2 Å². The first kappa shape index (κ1) is 18.9. The third-order valence-corrected chi connectivity index (χ3v) is 6.39. The van der Waals surface area contributed by atoms with Crippen LogP contribution in [0.25, 0.3) is 10.9 Å². The molecule has 2 aromatic rings. The van der Waals surface area contributed by atoms with E-state index < -0.39 is 0 Å². The van der Waals surface area contributed by atoms with Crippen LogP contribution in [0.15, 0.2) is 36.5 Å². The van der Waals surface area contributed by atoms with E-state index in [0.717, 1.165) is 51.0 Å². The van der Waals surface area contributed by atoms with Crippen molar-refractivity contribution in [1.29, 1.82) is 0 Å². The monoisotopic (exact) mass is 380 g/mol. The van der Waals surface area contributed by atoms with Crippen LogP contribution in [0.1, 0.15) is 38.7 Å². The number of amides is 2. The van der Waals surface area contributed by atoms with E-state index >= 15 is 0 Å². The summed E-state index contributed by atoms with van der Waals surface area (Å²) in [5.74, 6) is 0.176. The molecule has 2 aliphatic rings. The Kier molecular flexibility index (Phi) is 5.06. The highest BCUT2D eigenvalue weighted by Crippen LogP contribution is 2.40. The molecule has 1 atom stereocenters. The van der Waals surface area contributed by atoms with E-state index in [0.29, 0.717) is 0 Å². The number of nitrogens with one attached hydrogen (secondary N) is 1. The number of pyridine rings is 1. The highest BCUT2D eigenvalue weighted by Gasteiger charge is 2.47. The summed E-state index contributed by atoms with van der Waals surface area (Å²) in [5, 5.41) is 4.31. The van der Waals surface area contributed by atoms with Gasteiger partial charge in [-0.15, -0.1) is 0 Å². The molecule has 3 heterocycles. The Morgan fingerprint density at radius 2 is 1.93 bits per heavy atom. The highest BCUT2D eigenvalue weighted by molar-refractivity contribution is 5.81. The Labute approximate surface area is 165 Å². The molecule has 6 nitrogen and oxygen atoms in total. The van der Waals surface area contributed by atoms with Crippen molar-refractivity contribution in [2.45, 2.75) is 51.2 Å². The van der Waals surface area contributed by atoms with Crippen LogP contribution in [0.5, 0.6) is 0 Å². The number of hydrogen-bond donors (Lipinski definition) is 1. The molecule has 6 heteroatoms. The van der Waals surface area contributed by atoms with Crippen LogP contribution in [0.3, 0.4) is 0 Å². The molecule has 28 heavy (non-hydrogen) atoms. The van der Waals surface area contributed by atoms with Gasteiger partial charge in [-0.25, -0.2) is 0 Å². The predicted octanol–water partition coefficient (Wildman–Crippen LogP) is 2.33. The Morgan fingerprint density at radius 1 is 1.18 bits per heavy atom. The lowest BCUT2D eigenvalue weighted by Crippen LogP contribution is -2.52. The molecule has 1 aromatic heterocycles. The summed E-state index contributed by atoms with van der Waals surface area (Å²) in [4.78, 5) is 32.4. The van der Waals surface area contributed by atoms with Gasteiger partial charge >= 0.3 is 0 Å². The topological polar surface area (TPSA) is 65.5 Å². The Morgan fingerprint density at radius 3 is 2.64 bits per heavy atom. The Balaban J connectivity index is 1.60. The molecule has 4 rings (SSSR count). The average Bonchev–Trinajstić information content (AvgIpc) is 2.98. The number of fused-ring (bicyclic) bond motifs is 1. The lowest BCUT2D eigenvalue weighted by Gasteiger charge is -2.45. The molecule has 1 spiro atoms. The van der Waals surface area contributed by atoms with Gasteiger partial charge in [-0.05, 0) is 37.0 Å². The SMILES string of the molecule is CC(=O)N[C@H]1CN(Cc2ccnc3ccccc23)C2(CCN(C(C)=O)CC2)C1. The van der Waals surface area contributed by atoms with Crippen molar-refractivity contribution in [2.75, 3.05) is 19.6 Å². The first-order chi connectivity index (χ1) is 13.5. The van der Waals surface area contributed by atoms with E-state index in [1.54, 1.807) is 13.8 Å². The first-order valence-corrected chi connectivity index (χ1v) is 10.1. The molecule has 1 N–H and O–H groups in total. The van der Waals surface area contributed by atoms with Gasteiger partial charge in [-0.1, -0.05) is 18.2 Å². The van der Waals surface area contributed by atoms with Crippen molar-refractivity contribution >= 4 is 22.7 Å². The molecule has 2 aliphatic heterocycles. The molecule has 0 radical (unpaired) electrons. The molecule has 2 saturated heterocycles. The lowest BCUT2D eigenvalue weighted by molar-refractivity contribution is -0.131. The van der Waals surface area contributed by atoms with Gasteiger partial charge in [0, 0.05) is 63.2 Å². The quantitative estimate of drug-likeness (QED) is 0.888. The smallest absolute Gasteiger partial charge is 0.219 e. The van der Waals surface area contributed by atoms with Crippen molar-refractivity contribution in [1.82, 2.24) is 20.1 Å². The van der Waals surface area contributed by atoms with E-state index in [4.69, 9.17) is 0 Å². The van der Waals surface area contributed by atoms with Crippen LogP contribution in [-0.4, -0.2) is 57.8 Å². The number of hydrogen-bond acceptors (Lipinski definition) is 4. The number of para-hydroxylation sites is 1. The number of piperidine rings is 1. The Bertz CT molecular complexity index is 884. The van der Waals surface area contributed by atoms with Crippen molar-refractivity contribution in [2.24, 2.45) is 0 Å². The zero-order chi connectivity index (χ0) is 19.7. The zero-order valence-electron chi connectivity index (χ0n) is 16.6.